The monoisotopic (exact) mass is 133 g/mol. The number of rotatable bonds is 3. The molecule has 0 saturated carbocycles. The predicted molar refractivity (Wildman–Crippen MR) is 35.8 cm³/mol. The van der Waals surface area contributed by atoms with Crippen LogP contribution in [-0.4, -0.2) is 17.9 Å². The van der Waals surface area contributed by atoms with E-state index in [1.165, 1.54) is 7.05 Å². The van der Waals surface area contributed by atoms with Gasteiger partial charge in [0.1, 0.15) is 0 Å². The van der Waals surface area contributed by atoms with Gasteiger partial charge in [-0.15, -0.1) is 0 Å². The molecule has 0 aliphatic carbocycles. The summed E-state index contributed by atoms with van der Waals surface area (Å²) in [6, 6.07) is 0. The molecule has 0 heterocycles. The Balaban J connectivity index is 3.92. The molecule has 0 aliphatic rings. The summed E-state index contributed by atoms with van der Waals surface area (Å²) in [4.78, 5) is 0. The predicted octanol–water partition coefficient (Wildman–Crippen LogP) is -0.492. The van der Waals surface area contributed by atoms with E-state index in [-0.39, 0.29) is 5.06 Å². The lowest BCUT2D eigenvalue weighted by atomic mass is 10.1. The van der Waals surface area contributed by atoms with Crippen molar-refractivity contribution in [3.63, 3.8) is 0 Å². The maximum absolute atomic E-state index is 10.7. The summed E-state index contributed by atoms with van der Waals surface area (Å²) in [7, 11) is 1.42. The maximum atomic E-state index is 10.7. The van der Waals surface area contributed by atoms with Crippen molar-refractivity contribution in [2.45, 2.75) is 32.4 Å². The number of nitrogens with one attached hydrogen (secondary N) is 1. The zero-order chi connectivity index (χ0) is 7.49. The zero-order valence-corrected chi connectivity index (χ0v) is 6.27. The minimum atomic E-state index is -1.06. The van der Waals surface area contributed by atoms with E-state index in [1.54, 1.807) is 0 Å². The van der Waals surface area contributed by atoms with Gasteiger partial charge in [0.05, 0.1) is 7.05 Å². The number of hydrogen-bond acceptors (Lipinski definition) is 2. The van der Waals surface area contributed by atoms with E-state index >= 15 is 0 Å². The van der Waals surface area contributed by atoms with Gasteiger partial charge < -0.3 is 15.4 Å². The van der Waals surface area contributed by atoms with Crippen LogP contribution < -0.4 is 5.06 Å². The fourth-order valence-corrected chi connectivity index (χ4v) is 0.748. The van der Waals surface area contributed by atoms with Crippen LogP contribution in [0.3, 0.4) is 0 Å². The first-order valence-electron chi connectivity index (χ1n) is 3.30. The molecule has 0 rings (SSSR count). The number of hydrogen-bond donors (Lipinski definition) is 2. The normalized spacial score (nSPS) is 15.7. The summed E-state index contributed by atoms with van der Waals surface area (Å²) in [6.45, 7) is 3.62. The Morgan fingerprint density at radius 1 is 1.44 bits per heavy atom. The molecular formula is C6H15NO2. The van der Waals surface area contributed by atoms with Crippen LogP contribution in [0.1, 0.15) is 26.7 Å². The van der Waals surface area contributed by atoms with Crippen LogP contribution >= 0.6 is 0 Å². The molecule has 2 N–H and O–H groups in total. The van der Waals surface area contributed by atoms with Gasteiger partial charge in [-0.25, -0.2) is 0 Å². The molecule has 1 atom stereocenters. The second-order valence-electron chi connectivity index (χ2n) is 2.29. The van der Waals surface area contributed by atoms with Gasteiger partial charge in [-0.3, -0.25) is 0 Å². The molecule has 0 aliphatic heterocycles. The lowest BCUT2D eigenvalue weighted by Crippen LogP contribution is -3.13. The van der Waals surface area contributed by atoms with Crippen LogP contribution in [0.5, 0.6) is 0 Å². The van der Waals surface area contributed by atoms with E-state index in [0.29, 0.717) is 12.8 Å². The van der Waals surface area contributed by atoms with Crippen molar-refractivity contribution in [2.75, 3.05) is 7.05 Å². The second kappa shape index (κ2) is 3.15. The average Bonchev–Trinajstić information content (AvgIpc) is 1.86. The van der Waals surface area contributed by atoms with Crippen LogP contribution in [0.25, 0.3) is 0 Å². The highest BCUT2D eigenvalue weighted by molar-refractivity contribution is 4.58. The first-order valence-corrected chi connectivity index (χ1v) is 3.30. The summed E-state index contributed by atoms with van der Waals surface area (Å²) >= 11 is 0. The number of quaternary nitrogens is 1. The standard InChI is InChI=1S/C6H15NO2/c1-4-6(8,5-2)7(3)9/h7-8H,4-5H2,1-3H3. The molecule has 56 valence electrons. The molecule has 1 unspecified atom stereocenters. The summed E-state index contributed by atoms with van der Waals surface area (Å²) in [5, 5.41) is 19.9. The minimum absolute atomic E-state index is 0.132. The third-order valence-electron chi connectivity index (χ3n) is 1.83. The van der Waals surface area contributed by atoms with Crippen LogP contribution in [-0.2, 0) is 0 Å². The van der Waals surface area contributed by atoms with E-state index < -0.39 is 5.72 Å². The first kappa shape index (κ1) is 8.88. The molecule has 0 aromatic rings. The Morgan fingerprint density at radius 2 is 1.78 bits per heavy atom. The number of aliphatic hydroxyl groups is 1. The van der Waals surface area contributed by atoms with Crippen molar-refractivity contribution in [3.05, 3.63) is 5.21 Å². The topological polar surface area (TPSA) is 47.7 Å². The second-order valence-corrected chi connectivity index (χ2v) is 2.29. The largest absolute Gasteiger partial charge is 0.632 e. The molecule has 9 heavy (non-hydrogen) atoms. The molecule has 0 saturated heterocycles. The smallest absolute Gasteiger partial charge is 0.197 e. The van der Waals surface area contributed by atoms with Gasteiger partial charge in [0.15, 0.2) is 5.72 Å². The van der Waals surface area contributed by atoms with Crippen LogP contribution in [0.15, 0.2) is 0 Å². The fourth-order valence-electron chi connectivity index (χ4n) is 0.748. The molecule has 0 spiro atoms. The highest BCUT2D eigenvalue weighted by Crippen LogP contribution is 2.03. The lowest BCUT2D eigenvalue weighted by Gasteiger charge is -2.34. The van der Waals surface area contributed by atoms with Gasteiger partial charge in [-0.1, -0.05) is 13.8 Å². The highest BCUT2D eigenvalue weighted by atomic mass is 16.5. The van der Waals surface area contributed by atoms with E-state index in [0.717, 1.165) is 0 Å². The van der Waals surface area contributed by atoms with Gasteiger partial charge >= 0.3 is 0 Å². The van der Waals surface area contributed by atoms with E-state index in [9.17, 15) is 10.3 Å². The summed E-state index contributed by atoms with van der Waals surface area (Å²) in [5.74, 6) is 0. The molecule has 3 nitrogen and oxygen atoms in total. The Labute approximate surface area is 55.9 Å². The number of hydroxylamine groups is 2. The molecule has 0 aromatic heterocycles. The zero-order valence-electron chi connectivity index (χ0n) is 6.27. The molecule has 0 fully saturated rings. The lowest BCUT2D eigenvalue weighted by molar-refractivity contribution is -0.916. The third kappa shape index (κ3) is 1.93. The molecule has 0 radical (unpaired) electrons. The minimum Gasteiger partial charge on any atom is -0.632 e. The Kier molecular flexibility index (Phi) is 3.11. The summed E-state index contributed by atoms with van der Waals surface area (Å²) < 4.78 is 0. The van der Waals surface area contributed by atoms with Crippen molar-refractivity contribution in [2.24, 2.45) is 0 Å². The Bertz CT molecular complexity index is 79.1. The van der Waals surface area contributed by atoms with Crippen LogP contribution in [0.4, 0.5) is 0 Å². The van der Waals surface area contributed by atoms with Crippen molar-refractivity contribution in [1.29, 1.82) is 0 Å². The van der Waals surface area contributed by atoms with Gasteiger partial charge in [-0.05, 0) is 0 Å². The summed E-state index contributed by atoms with van der Waals surface area (Å²) in [5.41, 5.74) is -1.06. The van der Waals surface area contributed by atoms with Crippen molar-refractivity contribution >= 4 is 0 Å². The van der Waals surface area contributed by atoms with Crippen molar-refractivity contribution in [3.8, 4) is 0 Å². The van der Waals surface area contributed by atoms with Gasteiger partial charge in [0.2, 0.25) is 0 Å². The van der Waals surface area contributed by atoms with Gasteiger partial charge in [0, 0.05) is 12.8 Å². The van der Waals surface area contributed by atoms with Gasteiger partial charge in [0.25, 0.3) is 0 Å². The Hall–Kier alpha value is -0.120. The van der Waals surface area contributed by atoms with Crippen molar-refractivity contribution < 1.29 is 10.2 Å². The fraction of sp³-hybridized carbons (Fsp3) is 1.00. The SMILES string of the molecule is CCC(O)(CC)[NH+](C)[O-]. The molecule has 3 heteroatoms. The van der Waals surface area contributed by atoms with Gasteiger partial charge in [-0.2, -0.15) is 0 Å². The maximum Gasteiger partial charge on any atom is 0.197 e. The Morgan fingerprint density at radius 3 is 1.78 bits per heavy atom. The third-order valence-corrected chi connectivity index (χ3v) is 1.83. The van der Waals surface area contributed by atoms with Crippen LogP contribution in [0.2, 0.25) is 0 Å². The molecule has 0 aromatic carbocycles. The van der Waals surface area contributed by atoms with E-state index in [4.69, 9.17) is 0 Å². The summed E-state index contributed by atoms with van der Waals surface area (Å²) in [6.07, 6.45) is 1.03. The average molecular weight is 133 g/mol. The first-order chi connectivity index (χ1) is 4.06. The van der Waals surface area contributed by atoms with E-state index in [2.05, 4.69) is 0 Å². The quantitative estimate of drug-likeness (QED) is 0.403. The molecule has 0 amide bonds. The van der Waals surface area contributed by atoms with E-state index in [1.807, 2.05) is 13.8 Å². The molecule has 0 bridgehead atoms. The van der Waals surface area contributed by atoms with Crippen molar-refractivity contribution in [1.82, 2.24) is 0 Å². The highest BCUT2D eigenvalue weighted by Gasteiger charge is 2.26. The molecular weight excluding hydrogens is 118 g/mol. The van der Waals surface area contributed by atoms with Crippen LogP contribution in [0, 0.1) is 5.21 Å².